The fraction of sp³-hybridized carbons (Fsp3) is 0.429. The number of anilines is 2. The summed E-state index contributed by atoms with van der Waals surface area (Å²) in [7, 11) is -3.85. The Hall–Kier alpha value is -2.30. The first-order valence-electron chi connectivity index (χ1n) is 10.1. The number of sulfonamides is 1. The lowest BCUT2D eigenvalue weighted by molar-refractivity contribution is -0.145. The van der Waals surface area contributed by atoms with Crippen molar-refractivity contribution in [3.63, 3.8) is 0 Å². The number of thioether (sulfide) groups is 1. The van der Waals surface area contributed by atoms with Gasteiger partial charge >= 0.3 is 5.97 Å². The first-order valence-corrected chi connectivity index (χ1v) is 13.0. The van der Waals surface area contributed by atoms with E-state index in [1.165, 1.54) is 0 Å². The SMILES string of the molecule is CCOC(=O)[C@H](CCSC)NS(=O)(=O)c1ccc(CN2c3ccncc3NC2C)cc1. The molecule has 0 amide bonds. The number of hydrogen-bond donors (Lipinski definition) is 2. The smallest absolute Gasteiger partial charge is 0.324 e. The van der Waals surface area contributed by atoms with E-state index in [0.717, 1.165) is 16.9 Å². The monoisotopic (exact) mass is 464 g/mol. The third-order valence-corrected chi connectivity index (χ3v) is 7.14. The molecular weight excluding hydrogens is 436 g/mol. The second-order valence-corrected chi connectivity index (χ2v) is 9.89. The van der Waals surface area contributed by atoms with Crippen molar-refractivity contribution in [2.75, 3.05) is 28.8 Å². The normalized spacial score (nSPS) is 16.5. The molecule has 0 radical (unpaired) electrons. The van der Waals surface area contributed by atoms with Crippen molar-refractivity contribution in [1.29, 1.82) is 0 Å². The molecular formula is C21H28N4O4S2. The molecule has 1 aliphatic rings. The van der Waals surface area contributed by atoms with Gasteiger partial charge in [-0.2, -0.15) is 16.5 Å². The van der Waals surface area contributed by atoms with E-state index in [2.05, 4.69) is 26.8 Å². The number of ether oxygens (including phenoxy) is 1. The Kier molecular flexibility index (Phi) is 7.79. The molecule has 10 heteroatoms. The molecule has 1 unspecified atom stereocenters. The number of aromatic nitrogens is 1. The van der Waals surface area contributed by atoms with Crippen LogP contribution in [0.4, 0.5) is 11.4 Å². The number of hydrogen-bond acceptors (Lipinski definition) is 8. The molecule has 0 fully saturated rings. The fourth-order valence-electron chi connectivity index (χ4n) is 3.41. The van der Waals surface area contributed by atoms with Gasteiger partial charge < -0.3 is 15.0 Å². The van der Waals surface area contributed by atoms with Crippen molar-refractivity contribution in [1.82, 2.24) is 9.71 Å². The quantitative estimate of drug-likeness (QED) is 0.518. The minimum absolute atomic E-state index is 0.103. The van der Waals surface area contributed by atoms with Gasteiger partial charge in [-0.3, -0.25) is 9.78 Å². The van der Waals surface area contributed by atoms with Crippen LogP contribution in [0.25, 0.3) is 0 Å². The van der Waals surface area contributed by atoms with E-state index in [1.54, 1.807) is 55.3 Å². The van der Waals surface area contributed by atoms with Gasteiger partial charge in [-0.15, -0.1) is 0 Å². The number of nitrogens with zero attached hydrogens (tertiary/aromatic N) is 2. The third kappa shape index (κ3) is 5.69. The van der Waals surface area contributed by atoms with Crippen molar-refractivity contribution in [2.45, 2.75) is 43.9 Å². The molecule has 2 atom stereocenters. The number of carbonyl (C=O) groups excluding carboxylic acids is 1. The molecule has 0 saturated carbocycles. The molecule has 8 nitrogen and oxygen atoms in total. The average Bonchev–Trinajstić information content (AvgIpc) is 3.07. The zero-order chi connectivity index (χ0) is 22.4. The van der Waals surface area contributed by atoms with Gasteiger partial charge in [0.1, 0.15) is 6.04 Å². The molecule has 0 saturated heterocycles. The van der Waals surface area contributed by atoms with Crippen LogP contribution >= 0.6 is 11.8 Å². The summed E-state index contributed by atoms with van der Waals surface area (Å²) in [5.74, 6) is 0.0877. The van der Waals surface area contributed by atoms with Crippen LogP contribution in [-0.2, 0) is 26.1 Å². The van der Waals surface area contributed by atoms with Crippen molar-refractivity contribution < 1.29 is 17.9 Å². The zero-order valence-corrected chi connectivity index (χ0v) is 19.5. The van der Waals surface area contributed by atoms with E-state index >= 15 is 0 Å². The summed E-state index contributed by atoms with van der Waals surface area (Å²) < 4.78 is 33.2. The Balaban J connectivity index is 1.71. The molecule has 0 spiro atoms. The minimum atomic E-state index is -3.85. The Morgan fingerprint density at radius 1 is 1.32 bits per heavy atom. The minimum Gasteiger partial charge on any atom is -0.465 e. The zero-order valence-electron chi connectivity index (χ0n) is 17.9. The molecule has 3 rings (SSSR count). The van der Waals surface area contributed by atoms with E-state index in [-0.39, 0.29) is 17.7 Å². The first kappa shape index (κ1) is 23.4. The molecule has 168 valence electrons. The maximum absolute atomic E-state index is 12.8. The van der Waals surface area contributed by atoms with Crippen LogP contribution in [0, 0.1) is 0 Å². The second-order valence-electron chi connectivity index (χ2n) is 7.19. The Labute approximate surface area is 187 Å². The number of fused-ring (bicyclic) bond motifs is 1. The number of esters is 1. The van der Waals surface area contributed by atoms with Gasteiger partial charge in [0.05, 0.1) is 35.2 Å². The molecule has 1 aliphatic heterocycles. The lowest BCUT2D eigenvalue weighted by atomic mass is 10.2. The van der Waals surface area contributed by atoms with Crippen LogP contribution < -0.4 is 14.9 Å². The van der Waals surface area contributed by atoms with Crippen molar-refractivity contribution in [3.8, 4) is 0 Å². The standard InChI is InChI=1S/C21H28N4O4S2/c1-4-29-21(26)18(10-12-30-3)24-31(27,28)17-7-5-16(6-8-17)14-25-15(2)23-19-13-22-11-9-20(19)25/h5-9,11,13,15,18,23-24H,4,10,12,14H2,1-3H3/t15?,18-/m0/s1. The summed E-state index contributed by atoms with van der Waals surface area (Å²) in [6.07, 6.45) is 5.92. The van der Waals surface area contributed by atoms with Gasteiger partial charge in [0.2, 0.25) is 10.0 Å². The summed E-state index contributed by atoms with van der Waals surface area (Å²) in [5.41, 5.74) is 3.02. The Morgan fingerprint density at radius 3 is 2.74 bits per heavy atom. The van der Waals surface area contributed by atoms with Crippen LogP contribution in [0.3, 0.4) is 0 Å². The Bertz CT molecular complexity index is 999. The number of carbonyl (C=O) groups is 1. The predicted molar refractivity (Wildman–Crippen MR) is 124 cm³/mol. The summed E-state index contributed by atoms with van der Waals surface area (Å²) >= 11 is 1.54. The topological polar surface area (TPSA) is 101 Å². The maximum atomic E-state index is 12.8. The summed E-state index contributed by atoms with van der Waals surface area (Å²) in [5, 5.41) is 3.37. The molecule has 0 aliphatic carbocycles. The van der Waals surface area contributed by atoms with Crippen LogP contribution in [0.1, 0.15) is 25.8 Å². The molecule has 2 aromatic rings. The van der Waals surface area contributed by atoms with Crippen LogP contribution in [0.2, 0.25) is 0 Å². The van der Waals surface area contributed by atoms with Gasteiger partial charge in [0.25, 0.3) is 0 Å². The summed E-state index contributed by atoms with van der Waals surface area (Å²) in [4.78, 5) is 18.6. The largest absolute Gasteiger partial charge is 0.465 e. The molecule has 1 aromatic carbocycles. The highest BCUT2D eigenvalue weighted by Crippen LogP contribution is 2.34. The number of benzene rings is 1. The average molecular weight is 465 g/mol. The molecule has 31 heavy (non-hydrogen) atoms. The fourth-order valence-corrected chi connectivity index (χ4v) is 5.10. The van der Waals surface area contributed by atoms with Gasteiger partial charge in [0, 0.05) is 12.7 Å². The van der Waals surface area contributed by atoms with Crippen molar-refractivity contribution >= 4 is 39.1 Å². The van der Waals surface area contributed by atoms with Crippen LogP contribution in [0.15, 0.2) is 47.6 Å². The summed E-state index contributed by atoms with van der Waals surface area (Å²) in [6, 6.07) is 7.77. The third-order valence-electron chi connectivity index (χ3n) is 5.01. The van der Waals surface area contributed by atoms with E-state index in [1.807, 2.05) is 12.3 Å². The summed E-state index contributed by atoms with van der Waals surface area (Å²) in [6.45, 7) is 4.58. The highest BCUT2D eigenvalue weighted by Gasteiger charge is 2.27. The maximum Gasteiger partial charge on any atom is 0.324 e. The van der Waals surface area contributed by atoms with Crippen LogP contribution in [-0.4, -0.2) is 50.2 Å². The molecule has 0 bridgehead atoms. The second kappa shape index (κ2) is 10.3. The molecule has 2 N–H and O–H groups in total. The highest BCUT2D eigenvalue weighted by atomic mass is 32.2. The van der Waals surface area contributed by atoms with E-state index in [0.29, 0.717) is 18.7 Å². The lowest BCUT2D eigenvalue weighted by Crippen LogP contribution is -2.42. The number of rotatable bonds is 10. The van der Waals surface area contributed by atoms with E-state index in [9.17, 15) is 13.2 Å². The van der Waals surface area contributed by atoms with Gasteiger partial charge in [-0.25, -0.2) is 8.42 Å². The van der Waals surface area contributed by atoms with Crippen molar-refractivity contribution in [2.24, 2.45) is 0 Å². The van der Waals surface area contributed by atoms with Gasteiger partial charge in [-0.05, 0) is 56.0 Å². The lowest BCUT2D eigenvalue weighted by Gasteiger charge is -2.24. The molecule has 2 heterocycles. The predicted octanol–water partition coefficient (Wildman–Crippen LogP) is 2.82. The number of nitrogens with one attached hydrogen (secondary N) is 2. The van der Waals surface area contributed by atoms with Crippen molar-refractivity contribution in [3.05, 3.63) is 48.3 Å². The Morgan fingerprint density at radius 2 is 2.06 bits per heavy atom. The highest BCUT2D eigenvalue weighted by molar-refractivity contribution is 7.98. The number of pyridine rings is 1. The van der Waals surface area contributed by atoms with E-state index < -0.39 is 22.0 Å². The van der Waals surface area contributed by atoms with Gasteiger partial charge in [0.15, 0.2) is 0 Å². The van der Waals surface area contributed by atoms with Gasteiger partial charge in [-0.1, -0.05) is 12.1 Å². The van der Waals surface area contributed by atoms with E-state index in [4.69, 9.17) is 4.74 Å². The first-order chi connectivity index (χ1) is 14.9. The van der Waals surface area contributed by atoms with Crippen LogP contribution in [0.5, 0.6) is 0 Å². The molecule has 1 aromatic heterocycles.